The van der Waals surface area contributed by atoms with Gasteiger partial charge in [-0.15, -0.1) is 0 Å². The van der Waals surface area contributed by atoms with E-state index in [0.717, 1.165) is 32.7 Å². The van der Waals surface area contributed by atoms with Crippen LogP contribution < -0.4 is 10.6 Å². The average molecular weight is 230 g/mol. The van der Waals surface area contributed by atoms with Crippen LogP contribution in [0.5, 0.6) is 0 Å². The molecule has 16 heavy (non-hydrogen) atoms. The Kier molecular flexibility index (Phi) is 11.2. The molecule has 2 N–H and O–H groups in total. The zero-order chi connectivity index (χ0) is 12.2. The second-order valence-corrected chi connectivity index (χ2v) is 4.46. The van der Waals surface area contributed by atoms with Crippen LogP contribution in [0.1, 0.15) is 13.3 Å². The monoisotopic (exact) mass is 230 g/mol. The van der Waals surface area contributed by atoms with Gasteiger partial charge in [-0.1, -0.05) is 6.92 Å². The summed E-state index contributed by atoms with van der Waals surface area (Å²) in [6.07, 6.45) is 1.24. The van der Waals surface area contributed by atoms with Gasteiger partial charge >= 0.3 is 0 Å². The molecule has 0 fully saturated rings. The van der Waals surface area contributed by atoms with E-state index in [1.54, 1.807) is 0 Å². The van der Waals surface area contributed by atoms with Crippen LogP contribution in [0, 0.1) is 0 Å². The highest BCUT2D eigenvalue weighted by molar-refractivity contribution is 4.58. The van der Waals surface area contributed by atoms with Gasteiger partial charge in [-0.05, 0) is 34.1 Å². The summed E-state index contributed by atoms with van der Waals surface area (Å²) in [7, 11) is 6.37. The van der Waals surface area contributed by atoms with E-state index >= 15 is 0 Å². The lowest BCUT2D eigenvalue weighted by Gasteiger charge is -2.21. The Bertz CT molecular complexity index is 141. The Morgan fingerprint density at radius 2 is 1.44 bits per heavy atom. The summed E-state index contributed by atoms with van der Waals surface area (Å²) >= 11 is 0. The fourth-order valence-electron chi connectivity index (χ4n) is 1.56. The van der Waals surface area contributed by atoms with Gasteiger partial charge in [0, 0.05) is 39.3 Å². The first-order valence-electron chi connectivity index (χ1n) is 6.43. The maximum Gasteiger partial charge on any atom is 0.0107 e. The van der Waals surface area contributed by atoms with E-state index in [1.165, 1.54) is 19.5 Å². The van der Waals surface area contributed by atoms with Crippen LogP contribution in [0.15, 0.2) is 0 Å². The van der Waals surface area contributed by atoms with Crippen molar-refractivity contribution in [3.8, 4) is 0 Å². The highest BCUT2D eigenvalue weighted by atomic mass is 15.2. The van der Waals surface area contributed by atoms with E-state index < -0.39 is 0 Å². The van der Waals surface area contributed by atoms with Gasteiger partial charge in [0.25, 0.3) is 0 Å². The first kappa shape index (κ1) is 15.8. The van der Waals surface area contributed by atoms with E-state index in [9.17, 15) is 0 Å². The Morgan fingerprint density at radius 3 is 2.00 bits per heavy atom. The highest BCUT2D eigenvalue weighted by Gasteiger charge is 2.00. The summed E-state index contributed by atoms with van der Waals surface area (Å²) in [5, 5.41) is 6.54. The van der Waals surface area contributed by atoms with E-state index in [0.29, 0.717) is 0 Å². The molecule has 4 nitrogen and oxygen atoms in total. The molecule has 0 radical (unpaired) electrons. The summed E-state index contributed by atoms with van der Waals surface area (Å²) in [6, 6.07) is 0. The Hall–Kier alpha value is -0.160. The van der Waals surface area contributed by atoms with Crippen molar-refractivity contribution in [1.82, 2.24) is 20.4 Å². The van der Waals surface area contributed by atoms with Crippen LogP contribution >= 0.6 is 0 Å². The maximum absolute atomic E-state index is 3.41. The van der Waals surface area contributed by atoms with Gasteiger partial charge in [-0.2, -0.15) is 0 Å². The molecule has 0 unspecified atom stereocenters. The van der Waals surface area contributed by atoms with Crippen LogP contribution in [-0.2, 0) is 0 Å². The molecule has 0 aliphatic rings. The molecule has 0 heterocycles. The van der Waals surface area contributed by atoms with Crippen LogP contribution in [0.3, 0.4) is 0 Å². The van der Waals surface area contributed by atoms with Crippen molar-refractivity contribution < 1.29 is 0 Å². The third-order valence-corrected chi connectivity index (χ3v) is 2.69. The molecule has 0 bridgehead atoms. The molecule has 0 aliphatic heterocycles. The largest absolute Gasteiger partial charge is 0.318 e. The second-order valence-electron chi connectivity index (χ2n) is 4.46. The van der Waals surface area contributed by atoms with Gasteiger partial charge in [0.05, 0.1) is 0 Å². The van der Waals surface area contributed by atoms with Gasteiger partial charge in [-0.25, -0.2) is 0 Å². The van der Waals surface area contributed by atoms with Crippen molar-refractivity contribution >= 4 is 0 Å². The third kappa shape index (κ3) is 10.4. The van der Waals surface area contributed by atoms with Crippen LogP contribution in [0.4, 0.5) is 0 Å². The van der Waals surface area contributed by atoms with Crippen molar-refractivity contribution in [2.24, 2.45) is 0 Å². The molecule has 0 saturated heterocycles. The van der Waals surface area contributed by atoms with Crippen molar-refractivity contribution in [2.75, 3.05) is 67.0 Å². The lowest BCUT2D eigenvalue weighted by atomic mass is 10.4. The van der Waals surface area contributed by atoms with Crippen molar-refractivity contribution in [3.63, 3.8) is 0 Å². The molecule has 0 aromatic rings. The van der Waals surface area contributed by atoms with Gasteiger partial charge in [0.15, 0.2) is 0 Å². The predicted molar refractivity (Wildman–Crippen MR) is 72.1 cm³/mol. The first-order valence-corrected chi connectivity index (χ1v) is 6.43. The van der Waals surface area contributed by atoms with Gasteiger partial charge in [0.1, 0.15) is 0 Å². The summed E-state index contributed by atoms with van der Waals surface area (Å²) in [5.41, 5.74) is 0. The minimum Gasteiger partial charge on any atom is -0.318 e. The van der Waals surface area contributed by atoms with Gasteiger partial charge in [-0.3, -0.25) is 0 Å². The van der Waals surface area contributed by atoms with Gasteiger partial charge < -0.3 is 20.4 Å². The topological polar surface area (TPSA) is 30.5 Å². The minimum absolute atomic E-state index is 1.04. The predicted octanol–water partition coefficient (Wildman–Crippen LogP) is 0.0690. The summed E-state index contributed by atoms with van der Waals surface area (Å²) < 4.78 is 0. The standard InChI is InChI=1S/C12H30N4/c1-5-9-15(3)11-12-16(4)10-8-14-7-6-13-2/h13-14H,5-12H2,1-4H3. The molecule has 0 amide bonds. The number of nitrogens with zero attached hydrogens (tertiary/aromatic N) is 2. The van der Waals surface area contributed by atoms with E-state index in [2.05, 4.69) is 41.5 Å². The Balaban J connectivity index is 3.27. The molecule has 0 aliphatic carbocycles. The molecule has 0 spiro atoms. The first-order chi connectivity index (χ1) is 7.70. The van der Waals surface area contributed by atoms with Gasteiger partial charge in [0.2, 0.25) is 0 Å². The Labute approximate surface area is 101 Å². The fraction of sp³-hybridized carbons (Fsp3) is 1.00. The van der Waals surface area contributed by atoms with Crippen LogP contribution in [0.25, 0.3) is 0 Å². The van der Waals surface area contributed by atoms with Crippen LogP contribution in [0.2, 0.25) is 0 Å². The molecule has 0 atom stereocenters. The van der Waals surface area contributed by atoms with E-state index in [4.69, 9.17) is 0 Å². The number of nitrogens with one attached hydrogen (secondary N) is 2. The molecule has 0 rings (SSSR count). The Morgan fingerprint density at radius 1 is 0.812 bits per heavy atom. The molecule has 4 heteroatoms. The molecule has 0 saturated carbocycles. The molecule has 0 aromatic heterocycles. The third-order valence-electron chi connectivity index (χ3n) is 2.69. The zero-order valence-electron chi connectivity index (χ0n) is 11.6. The second kappa shape index (κ2) is 11.3. The maximum atomic E-state index is 3.41. The molecular formula is C12H30N4. The molecule has 0 aromatic carbocycles. The smallest absolute Gasteiger partial charge is 0.0107 e. The SMILES string of the molecule is CCCN(C)CCN(C)CCNCCNC. The molecular weight excluding hydrogens is 200 g/mol. The number of rotatable bonds is 11. The average Bonchev–Trinajstić information content (AvgIpc) is 2.26. The fourth-order valence-corrected chi connectivity index (χ4v) is 1.56. The lowest BCUT2D eigenvalue weighted by molar-refractivity contribution is 0.256. The summed E-state index contributed by atoms with van der Waals surface area (Å²) in [4.78, 5) is 4.78. The lowest BCUT2D eigenvalue weighted by Crippen LogP contribution is -2.36. The van der Waals surface area contributed by atoms with Crippen molar-refractivity contribution in [3.05, 3.63) is 0 Å². The van der Waals surface area contributed by atoms with E-state index in [1.807, 2.05) is 7.05 Å². The molecule has 98 valence electrons. The zero-order valence-corrected chi connectivity index (χ0v) is 11.6. The number of hydrogen-bond acceptors (Lipinski definition) is 4. The van der Waals surface area contributed by atoms with Crippen molar-refractivity contribution in [1.29, 1.82) is 0 Å². The van der Waals surface area contributed by atoms with E-state index in [-0.39, 0.29) is 0 Å². The summed E-state index contributed by atoms with van der Waals surface area (Å²) in [5.74, 6) is 0. The quantitative estimate of drug-likeness (QED) is 0.492. The minimum atomic E-state index is 1.04. The number of hydrogen-bond donors (Lipinski definition) is 2. The van der Waals surface area contributed by atoms with Crippen molar-refractivity contribution in [2.45, 2.75) is 13.3 Å². The highest BCUT2D eigenvalue weighted by Crippen LogP contribution is 1.88. The normalized spacial score (nSPS) is 11.6. The van der Waals surface area contributed by atoms with Crippen LogP contribution in [-0.4, -0.2) is 76.8 Å². The summed E-state index contributed by atoms with van der Waals surface area (Å²) in [6.45, 7) is 10.1. The number of likely N-dealkylation sites (N-methyl/N-ethyl adjacent to an activating group) is 3.